The van der Waals surface area contributed by atoms with Crippen LogP contribution in [0.4, 0.5) is 0 Å². The van der Waals surface area contributed by atoms with E-state index < -0.39 is 0 Å². The first-order chi connectivity index (χ1) is 16.4. The van der Waals surface area contributed by atoms with Gasteiger partial charge in [-0.3, -0.25) is 4.98 Å². The molecule has 0 spiro atoms. The maximum atomic E-state index is 11.4. The smallest absolute Gasteiger partial charge is 0.127 e. The van der Waals surface area contributed by atoms with Crippen LogP contribution >= 0.6 is 46.4 Å². The first-order valence-electron chi connectivity index (χ1n) is 11.0. The molecule has 1 aliphatic rings. The Hall–Kier alpha value is -2.23. The summed E-state index contributed by atoms with van der Waals surface area (Å²) in [7, 11) is 0. The number of benzene rings is 3. The van der Waals surface area contributed by atoms with E-state index in [0.29, 0.717) is 25.8 Å². The number of pyridine rings is 1. The van der Waals surface area contributed by atoms with Gasteiger partial charge < -0.3 is 5.11 Å². The molecule has 0 bridgehead atoms. The second-order valence-corrected chi connectivity index (χ2v) is 10.2. The monoisotopic (exact) mass is 527 g/mol. The minimum absolute atomic E-state index is 0.0642. The summed E-state index contributed by atoms with van der Waals surface area (Å²) >= 11 is 26.1. The lowest BCUT2D eigenvalue weighted by Crippen LogP contribution is -2.31. The van der Waals surface area contributed by atoms with Crippen molar-refractivity contribution in [2.45, 2.75) is 24.7 Å². The van der Waals surface area contributed by atoms with Crippen LogP contribution in [0.15, 0.2) is 67.2 Å². The van der Waals surface area contributed by atoms with Gasteiger partial charge in [-0.25, -0.2) is 0 Å². The molecule has 1 aromatic heterocycles. The summed E-state index contributed by atoms with van der Waals surface area (Å²) in [4.78, 5) is 4.74. The summed E-state index contributed by atoms with van der Waals surface area (Å²) in [6, 6.07) is 19.2. The quantitative estimate of drug-likeness (QED) is 0.279. The van der Waals surface area contributed by atoms with Crippen LogP contribution in [0.3, 0.4) is 0 Å². The molecule has 1 fully saturated rings. The highest BCUT2D eigenvalue weighted by molar-refractivity contribution is 6.42. The zero-order valence-electron chi connectivity index (χ0n) is 18.1. The lowest BCUT2D eigenvalue weighted by Gasteiger charge is -2.43. The van der Waals surface area contributed by atoms with Gasteiger partial charge in [0.1, 0.15) is 5.75 Å². The first-order valence-corrected chi connectivity index (χ1v) is 12.5. The zero-order valence-corrected chi connectivity index (χ0v) is 21.1. The highest BCUT2D eigenvalue weighted by Gasteiger charge is 2.43. The Morgan fingerprint density at radius 2 is 1.68 bits per heavy atom. The molecule has 172 valence electrons. The van der Waals surface area contributed by atoms with Crippen molar-refractivity contribution >= 4 is 63.3 Å². The summed E-state index contributed by atoms with van der Waals surface area (Å²) in [6.07, 6.45) is 3.48. The normalized spacial score (nSPS) is 18.5. The van der Waals surface area contributed by atoms with Crippen molar-refractivity contribution in [1.29, 1.82) is 0 Å². The molecule has 1 aliphatic carbocycles. The average Bonchev–Trinajstić information content (AvgIpc) is 2.81. The number of aromatic nitrogens is 1. The summed E-state index contributed by atoms with van der Waals surface area (Å²) in [5.41, 5.74) is 3.09. The van der Waals surface area contributed by atoms with E-state index in [-0.39, 0.29) is 23.5 Å². The van der Waals surface area contributed by atoms with Gasteiger partial charge in [-0.05, 0) is 47.9 Å². The molecule has 1 heterocycles. The number of fused-ring (bicyclic) bond motifs is 1. The van der Waals surface area contributed by atoms with Gasteiger partial charge in [0.25, 0.3) is 0 Å². The van der Waals surface area contributed by atoms with Crippen LogP contribution in [-0.2, 0) is 0 Å². The summed E-state index contributed by atoms with van der Waals surface area (Å²) in [6.45, 7) is 3.82. The van der Waals surface area contributed by atoms with E-state index in [1.807, 2.05) is 48.5 Å². The molecule has 2 nitrogen and oxygen atoms in total. The van der Waals surface area contributed by atoms with E-state index in [1.165, 1.54) is 0 Å². The SMILES string of the molecule is C=Cc1nc(C2CCC2C(c2cccc(Cl)c2Cl)c2ccc3ccccc3c2O)c(Cl)cc1Cl. The average molecular weight is 529 g/mol. The van der Waals surface area contributed by atoms with Crippen molar-refractivity contribution in [1.82, 2.24) is 4.98 Å². The van der Waals surface area contributed by atoms with Gasteiger partial charge >= 0.3 is 0 Å². The Balaban J connectivity index is 1.68. The topological polar surface area (TPSA) is 33.1 Å². The van der Waals surface area contributed by atoms with Crippen LogP contribution < -0.4 is 0 Å². The summed E-state index contributed by atoms with van der Waals surface area (Å²) in [5.74, 6) is 0.225. The second kappa shape index (κ2) is 9.43. The van der Waals surface area contributed by atoms with E-state index in [4.69, 9.17) is 51.4 Å². The van der Waals surface area contributed by atoms with Gasteiger partial charge in [0.05, 0.1) is 31.5 Å². The minimum Gasteiger partial charge on any atom is -0.507 e. The van der Waals surface area contributed by atoms with Crippen molar-refractivity contribution in [2.24, 2.45) is 5.92 Å². The molecule has 3 unspecified atom stereocenters. The molecule has 0 saturated heterocycles. The number of nitrogens with zero attached hydrogens (tertiary/aromatic N) is 1. The van der Waals surface area contributed by atoms with Gasteiger partial charge in [-0.15, -0.1) is 0 Å². The van der Waals surface area contributed by atoms with Crippen LogP contribution in [0.2, 0.25) is 20.1 Å². The number of hydrogen-bond donors (Lipinski definition) is 1. The Morgan fingerprint density at radius 1 is 0.882 bits per heavy atom. The van der Waals surface area contributed by atoms with Crippen LogP contribution in [0.1, 0.15) is 47.2 Å². The third-order valence-electron chi connectivity index (χ3n) is 6.87. The van der Waals surface area contributed by atoms with Gasteiger partial charge in [-0.1, -0.05) is 102 Å². The van der Waals surface area contributed by atoms with Gasteiger partial charge in [0.15, 0.2) is 0 Å². The predicted molar refractivity (Wildman–Crippen MR) is 144 cm³/mol. The number of rotatable bonds is 5. The molecule has 3 atom stereocenters. The third-order valence-corrected chi connectivity index (χ3v) is 8.31. The molecule has 0 radical (unpaired) electrons. The lowest BCUT2D eigenvalue weighted by molar-refractivity contribution is 0.222. The molecule has 5 rings (SSSR count). The van der Waals surface area contributed by atoms with Crippen LogP contribution in [0.5, 0.6) is 5.75 Å². The molecule has 1 N–H and O–H groups in total. The van der Waals surface area contributed by atoms with E-state index in [9.17, 15) is 5.11 Å². The fourth-order valence-corrected chi connectivity index (χ4v) is 6.08. The Bertz CT molecular complexity index is 1420. The van der Waals surface area contributed by atoms with Crippen molar-refractivity contribution in [3.63, 3.8) is 0 Å². The van der Waals surface area contributed by atoms with Crippen LogP contribution in [-0.4, -0.2) is 10.1 Å². The van der Waals surface area contributed by atoms with Gasteiger partial charge in [0.2, 0.25) is 0 Å². The highest BCUT2D eigenvalue weighted by Crippen LogP contribution is 2.56. The molecular formula is C28H21Cl4NO. The largest absolute Gasteiger partial charge is 0.507 e. The Labute approximate surface area is 218 Å². The first kappa shape index (κ1) is 23.5. The van der Waals surface area contributed by atoms with Crippen molar-refractivity contribution in [2.75, 3.05) is 0 Å². The minimum atomic E-state index is -0.199. The molecular weight excluding hydrogens is 508 g/mol. The second-order valence-electron chi connectivity index (χ2n) is 8.62. The van der Waals surface area contributed by atoms with E-state index in [0.717, 1.165) is 40.4 Å². The number of halogens is 4. The predicted octanol–water partition coefficient (Wildman–Crippen LogP) is 9.52. The fraction of sp³-hybridized carbons (Fsp3) is 0.179. The number of hydrogen-bond acceptors (Lipinski definition) is 2. The maximum absolute atomic E-state index is 11.4. The van der Waals surface area contributed by atoms with Gasteiger partial charge in [0, 0.05) is 22.8 Å². The third kappa shape index (κ3) is 3.97. The standard InChI is InChI=1S/C28H21Cl4NO/c1-2-24-22(30)14-23(31)27(33-24)18-13-12-17(18)25(19-8-5-9-21(29)26(19)32)20-11-10-15-6-3-4-7-16(15)28(20)34/h2-11,14,17-18,25,34H,1,12-13H2. The lowest BCUT2D eigenvalue weighted by atomic mass is 9.62. The number of phenolic OH excluding ortho intramolecular Hbond substituents is 1. The van der Waals surface area contributed by atoms with Crippen molar-refractivity contribution in [3.8, 4) is 5.75 Å². The molecule has 1 saturated carbocycles. The fourth-order valence-electron chi connectivity index (χ4n) is 5.08. The Morgan fingerprint density at radius 3 is 2.41 bits per heavy atom. The van der Waals surface area contributed by atoms with Crippen LogP contribution in [0, 0.1) is 5.92 Å². The zero-order chi connectivity index (χ0) is 24.0. The molecule has 34 heavy (non-hydrogen) atoms. The molecule has 3 aromatic carbocycles. The maximum Gasteiger partial charge on any atom is 0.127 e. The Kier molecular flexibility index (Phi) is 6.52. The van der Waals surface area contributed by atoms with Gasteiger partial charge in [-0.2, -0.15) is 0 Å². The van der Waals surface area contributed by atoms with E-state index >= 15 is 0 Å². The number of aromatic hydroxyl groups is 1. The van der Waals surface area contributed by atoms with Crippen molar-refractivity contribution in [3.05, 3.63) is 110 Å². The number of phenols is 1. The molecule has 4 aromatic rings. The molecule has 0 amide bonds. The summed E-state index contributed by atoms with van der Waals surface area (Å²) < 4.78 is 0. The van der Waals surface area contributed by atoms with Crippen LogP contribution in [0.25, 0.3) is 16.8 Å². The molecule has 6 heteroatoms. The van der Waals surface area contributed by atoms with Crippen molar-refractivity contribution < 1.29 is 5.11 Å². The summed E-state index contributed by atoms with van der Waals surface area (Å²) in [5, 5.41) is 15.2. The van der Waals surface area contributed by atoms with E-state index in [2.05, 4.69) is 6.58 Å². The highest BCUT2D eigenvalue weighted by atomic mass is 35.5. The van der Waals surface area contributed by atoms with E-state index in [1.54, 1.807) is 18.2 Å². The molecule has 0 aliphatic heterocycles.